The molecule has 0 amide bonds. The van der Waals surface area contributed by atoms with E-state index in [9.17, 15) is 5.11 Å². The van der Waals surface area contributed by atoms with Gasteiger partial charge in [-0.3, -0.25) is 0 Å². The van der Waals surface area contributed by atoms with Gasteiger partial charge in [0.25, 0.3) is 0 Å². The molecule has 2 nitrogen and oxygen atoms in total. The SMILES string of the molecule is OC(CCc1ccccc1)c1cccc(OC2CC2)c1. The van der Waals surface area contributed by atoms with E-state index in [-0.39, 0.29) is 0 Å². The summed E-state index contributed by atoms with van der Waals surface area (Å²) in [5.41, 5.74) is 2.20. The van der Waals surface area contributed by atoms with E-state index < -0.39 is 6.10 Å². The van der Waals surface area contributed by atoms with Crippen LogP contribution in [0.5, 0.6) is 5.75 Å². The minimum Gasteiger partial charge on any atom is -0.490 e. The van der Waals surface area contributed by atoms with E-state index >= 15 is 0 Å². The molecular formula is C18H20O2. The highest BCUT2D eigenvalue weighted by atomic mass is 16.5. The molecule has 1 N–H and O–H groups in total. The van der Waals surface area contributed by atoms with Gasteiger partial charge in [0, 0.05) is 0 Å². The fraction of sp³-hybridized carbons (Fsp3) is 0.333. The van der Waals surface area contributed by atoms with Crippen molar-refractivity contribution in [1.82, 2.24) is 0 Å². The second kappa shape index (κ2) is 6.10. The monoisotopic (exact) mass is 268 g/mol. The van der Waals surface area contributed by atoms with Gasteiger partial charge in [-0.1, -0.05) is 42.5 Å². The number of ether oxygens (including phenoxy) is 1. The summed E-state index contributed by atoms with van der Waals surface area (Å²) in [5, 5.41) is 10.3. The molecule has 20 heavy (non-hydrogen) atoms. The van der Waals surface area contributed by atoms with Crippen LogP contribution in [0.2, 0.25) is 0 Å². The molecule has 2 heteroatoms. The van der Waals surface area contributed by atoms with Crippen molar-refractivity contribution < 1.29 is 9.84 Å². The molecule has 0 spiro atoms. The Bertz CT molecular complexity index is 546. The maximum absolute atomic E-state index is 10.3. The molecule has 0 heterocycles. The van der Waals surface area contributed by atoms with Crippen molar-refractivity contribution in [2.75, 3.05) is 0 Å². The number of benzene rings is 2. The van der Waals surface area contributed by atoms with Crippen LogP contribution in [0.4, 0.5) is 0 Å². The Morgan fingerprint density at radius 1 is 1.05 bits per heavy atom. The summed E-state index contributed by atoms with van der Waals surface area (Å²) in [6.45, 7) is 0. The van der Waals surface area contributed by atoms with Crippen molar-refractivity contribution in [2.45, 2.75) is 37.9 Å². The van der Waals surface area contributed by atoms with Crippen LogP contribution in [0.25, 0.3) is 0 Å². The second-order valence-electron chi connectivity index (χ2n) is 5.43. The van der Waals surface area contributed by atoms with Gasteiger partial charge in [0.1, 0.15) is 5.75 Å². The van der Waals surface area contributed by atoms with Crippen LogP contribution in [0.3, 0.4) is 0 Å². The van der Waals surface area contributed by atoms with Gasteiger partial charge in [-0.2, -0.15) is 0 Å². The minimum absolute atomic E-state index is 0.395. The van der Waals surface area contributed by atoms with Gasteiger partial charge in [0.15, 0.2) is 0 Å². The molecule has 0 bridgehead atoms. The van der Waals surface area contributed by atoms with Crippen molar-refractivity contribution in [3.8, 4) is 5.75 Å². The molecule has 1 atom stereocenters. The van der Waals surface area contributed by atoms with E-state index in [1.807, 2.05) is 42.5 Å². The van der Waals surface area contributed by atoms with Crippen LogP contribution in [0.15, 0.2) is 54.6 Å². The molecule has 1 unspecified atom stereocenters. The predicted molar refractivity (Wildman–Crippen MR) is 79.8 cm³/mol. The highest BCUT2D eigenvalue weighted by Crippen LogP contribution is 2.29. The van der Waals surface area contributed by atoms with E-state index in [1.165, 1.54) is 5.56 Å². The quantitative estimate of drug-likeness (QED) is 0.861. The zero-order valence-electron chi connectivity index (χ0n) is 11.5. The summed E-state index contributed by atoms with van der Waals surface area (Å²) in [6, 6.07) is 18.1. The lowest BCUT2D eigenvalue weighted by Gasteiger charge is -2.13. The fourth-order valence-electron chi connectivity index (χ4n) is 2.29. The van der Waals surface area contributed by atoms with Gasteiger partial charge >= 0.3 is 0 Å². The average molecular weight is 268 g/mol. The number of aryl methyl sites for hydroxylation is 1. The third-order valence-corrected chi connectivity index (χ3v) is 3.62. The molecule has 0 aliphatic heterocycles. The van der Waals surface area contributed by atoms with Crippen molar-refractivity contribution in [1.29, 1.82) is 0 Å². The molecule has 1 saturated carbocycles. The van der Waals surface area contributed by atoms with Gasteiger partial charge in [0.05, 0.1) is 12.2 Å². The minimum atomic E-state index is -0.432. The van der Waals surface area contributed by atoms with Crippen molar-refractivity contribution in [3.05, 3.63) is 65.7 Å². The molecule has 104 valence electrons. The molecular weight excluding hydrogens is 248 g/mol. The first-order valence-corrected chi connectivity index (χ1v) is 7.30. The second-order valence-corrected chi connectivity index (χ2v) is 5.43. The standard InChI is InChI=1S/C18H20O2/c19-18(12-9-14-5-2-1-3-6-14)15-7-4-8-17(13-15)20-16-10-11-16/h1-8,13,16,18-19H,9-12H2. The Morgan fingerprint density at radius 2 is 1.85 bits per heavy atom. The molecule has 2 aromatic rings. The number of rotatable bonds is 6. The highest BCUT2D eigenvalue weighted by Gasteiger charge is 2.23. The van der Waals surface area contributed by atoms with E-state index in [0.717, 1.165) is 37.0 Å². The summed E-state index contributed by atoms with van der Waals surface area (Å²) < 4.78 is 5.77. The summed E-state index contributed by atoms with van der Waals surface area (Å²) in [7, 11) is 0. The lowest BCUT2D eigenvalue weighted by molar-refractivity contribution is 0.167. The van der Waals surface area contributed by atoms with Crippen LogP contribution < -0.4 is 4.74 Å². The van der Waals surface area contributed by atoms with Crippen LogP contribution >= 0.6 is 0 Å². The molecule has 0 aromatic heterocycles. The molecule has 1 aliphatic rings. The zero-order chi connectivity index (χ0) is 13.8. The highest BCUT2D eigenvalue weighted by molar-refractivity contribution is 5.30. The van der Waals surface area contributed by atoms with E-state index in [4.69, 9.17) is 4.74 Å². The van der Waals surface area contributed by atoms with Crippen LogP contribution in [-0.4, -0.2) is 11.2 Å². The lowest BCUT2D eigenvalue weighted by Crippen LogP contribution is -2.01. The van der Waals surface area contributed by atoms with Crippen molar-refractivity contribution in [3.63, 3.8) is 0 Å². The molecule has 3 rings (SSSR count). The predicted octanol–water partition coefficient (Wildman–Crippen LogP) is 3.89. The van der Waals surface area contributed by atoms with Gasteiger partial charge in [0.2, 0.25) is 0 Å². The maximum Gasteiger partial charge on any atom is 0.120 e. The van der Waals surface area contributed by atoms with E-state index in [0.29, 0.717) is 6.10 Å². The maximum atomic E-state index is 10.3. The van der Waals surface area contributed by atoms with Gasteiger partial charge in [-0.15, -0.1) is 0 Å². The van der Waals surface area contributed by atoms with Gasteiger partial charge in [-0.25, -0.2) is 0 Å². The number of aliphatic hydroxyl groups is 1. The third kappa shape index (κ3) is 3.61. The third-order valence-electron chi connectivity index (χ3n) is 3.62. The molecule has 0 radical (unpaired) electrons. The Kier molecular flexibility index (Phi) is 4.03. The molecule has 2 aromatic carbocycles. The fourth-order valence-corrected chi connectivity index (χ4v) is 2.29. The van der Waals surface area contributed by atoms with Crippen molar-refractivity contribution in [2.24, 2.45) is 0 Å². The first-order valence-electron chi connectivity index (χ1n) is 7.30. The topological polar surface area (TPSA) is 29.5 Å². The van der Waals surface area contributed by atoms with Crippen LogP contribution in [0.1, 0.15) is 36.5 Å². The first-order chi connectivity index (χ1) is 9.81. The number of aliphatic hydroxyl groups excluding tert-OH is 1. The number of hydrogen-bond donors (Lipinski definition) is 1. The van der Waals surface area contributed by atoms with Gasteiger partial charge in [-0.05, 0) is 48.9 Å². The largest absolute Gasteiger partial charge is 0.490 e. The Hall–Kier alpha value is -1.80. The van der Waals surface area contributed by atoms with Gasteiger partial charge < -0.3 is 9.84 Å². The zero-order valence-corrected chi connectivity index (χ0v) is 11.5. The summed E-state index contributed by atoms with van der Waals surface area (Å²) in [5.74, 6) is 0.878. The Morgan fingerprint density at radius 3 is 2.60 bits per heavy atom. The van der Waals surface area contributed by atoms with E-state index in [2.05, 4.69) is 12.1 Å². The van der Waals surface area contributed by atoms with Crippen LogP contribution in [0, 0.1) is 0 Å². The molecule has 0 saturated heterocycles. The lowest BCUT2D eigenvalue weighted by atomic mass is 10.0. The first kappa shape index (κ1) is 13.2. The molecule has 1 fully saturated rings. The van der Waals surface area contributed by atoms with Crippen molar-refractivity contribution >= 4 is 0 Å². The number of hydrogen-bond acceptors (Lipinski definition) is 2. The summed E-state index contributed by atoms with van der Waals surface area (Å²) in [6.07, 6.45) is 3.89. The molecule has 1 aliphatic carbocycles. The van der Waals surface area contributed by atoms with Crippen LogP contribution in [-0.2, 0) is 6.42 Å². The average Bonchev–Trinajstić information content (AvgIpc) is 3.30. The Labute approximate surface area is 120 Å². The summed E-state index contributed by atoms with van der Waals surface area (Å²) in [4.78, 5) is 0. The van der Waals surface area contributed by atoms with E-state index in [1.54, 1.807) is 0 Å². The smallest absolute Gasteiger partial charge is 0.120 e. The normalized spacial score (nSPS) is 15.8. The Balaban J connectivity index is 1.59. The summed E-state index contributed by atoms with van der Waals surface area (Å²) >= 11 is 0.